The number of ketones is 2. The van der Waals surface area contributed by atoms with Crippen LogP contribution in [0.25, 0.3) is 23.3 Å². The van der Waals surface area contributed by atoms with E-state index >= 15 is 0 Å². The second-order valence-electron chi connectivity index (χ2n) is 12.3. The molecule has 0 unspecified atom stereocenters. The number of benzene rings is 4. The first-order valence-electron chi connectivity index (χ1n) is 15.5. The summed E-state index contributed by atoms with van der Waals surface area (Å²) in [6, 6.07) is 14.6. The fraction of sp³-hybridized carbons (Fsp3) is 0.0588. The molecule has 4 aromatic carbocycles. The molecule has 56 heavy (non-hydrogen) atoms. The van der Waals surface area contributed by atoms with Gasteiger partial charge in [-0.15, -0.1) is 0 Å². The molecule has 0 amide bonds. The number of aryl methyl sites for hydroxylation is 2. The number of Topliss-reactive ketones (excluding diaryl/α,β-unsaturated/α-hetero) is 1. The lowest BCUT2D eigenvalue weighted by molar-refractivity contribution is -0.109. The Labute approximate surface area is 319 Å². The van der Waals surface area contributed by atoms with Gasteiger partial charge in [-0.1, -0.05) is 24.3 Å². The van der Waals surface area contributed by atoms with Gasteiger partial charge in [-0.05, 0) is 108 Å². The van der Waals surface area contributed by atoms with Gasteiger partial charge in [0.25, 0.3) is 40.5 Å². The SMILES string of the molecule is Cc1cc(-c2ccc(N/N=C3\C(=O)C=Cc4cc(S(=O)(=O)O)cc(S(=O)(=O)O)c43)c(C)c2)ccc1N/N=C1\C(=O)C(S(=O)(=O)O)=Cc2cc(S(=O)(=O)O)ccc21. The maximum atomic E-state index is 13.1. The normalized spacial score (nSPS) is 16.1. The minimum atomic E-state index is -5.11. The predicted octanol–water partition coefficient (Wildman–Crippen LogP) is 3.75. The minimum Gasteiger partial charge on any atom is -0.287 e. The highest BCUT2D eigenvalue weighted by Crippen LogP contribution is 2.32. The molecule has 0 radical (unpaired) electrons. The van der Waals surface area contributed by atoms with Crippen LogP contribution in [-0.2, 0) is 50.1 Å². The van der Waals surface area contributed by atoms with Crippen LogP contribution in [0.3, 0.4) is 0 Å². The van der Waals surface area contributed by atoms with E-state index in [0.29, 0.717) is 39.7 Å². The molecule has 6 N–H and O–H groups in total. The van der Waals surface area contributed by atoms with Crippen molar-refractivity contribution in [3.8, 4) is 11.1 Å². The third-order valence-electron chi connectivity index (χ3n) is 8.51. The predicted molar refractivity (Wildman–Crippen MR) is 203 cm³/mol. The summed E-state index contributed by atoms with van der Waals surface area (Å²) in [5.74, 6) is -1.94. The van der Waals surface area contributed by atoms with E-state index in [1.807, 2.05) is 0 Å². The lowest BCUT2D eigenvalue weighted by Gasteiger charge is -2.17. The second kappa shape index (κ2) is 14.1. The largest absolute Gasteiger partial charge is 0.298 e. The first-order valence-corrected chi connectivity index (χ1v) is 21.3. The van der Waals surface area contributed by atoms with Gasteiger partial charge in [0.2, 0.25) is 11.6 Å². The zero-order chi connectivity index (χ0) is 41.1. The van der Waals surface area contributed by atoms with Gasteiger partial charge in [-0.2, -0.15) is 43.9 Å². The van der Waals surface area contributed by atoms with Crippen molar-refractivity contribution in [1.29, 1.82) is 0 Å². The van der Waals surface area contributed by atoms with Crippen molar-refractivity contribution >= 4 is 87.0 Å². The molecule has 22 heteroatoms. The number of carbonyl (C=O) groups is 2. The molecule has 0 saturated carbocycles. The molecule has 0 fully saturated rings. The fourth-order valence-electron chi connectivity index (χ4n) is 5.78. The van der Waals surface area contributed by atoms with E-state index in [4.69, 9.17) is 0 Å². The van der Waals surface area contributed by atoms with E-state index in [1.165, 1.54) is 0 Å². The fourth-order valence-corrected chi connectivity index (χ4v) is 8.27. The first-order chi connectivity index (χ1) is 25.9. The van der Waals surface area contributed by atoms with Gasteiger partial charge >= 0.3 is 0 Å². The smallest absolute Gasteiger partial charge is 0.287 e. The molecule has 0 saturated heterocycles. The summed E-state index contributed by atoms with van der Waals surface area (Å²) >= 11 is 0. The first kappa shape index (κ1) is 40.0. The quantitative estimate of drug-likeness (QED) is 0.103. The summed E-state index contributed by atoms with van der Waals surface area (Å²) in [5, 5.41) is 8.17. The molecule has 0 atom stereocenters. The number of carbonyl (C=O) groups excluding carboxylic acids is 2. The van der Waals surface area contributed by atoms with E-state index in [-0.39, 0.29) is 22.3 Å². The van der Waals surface area contributed by atoms with Gasteiger partial charge in [-0.3, -0.25) is 38.7 Å². The van der Waals surface area contributed by atoms with Crippen molar-refractivity contribution in [2.75, 3.05) is 10.9 Å². The van der Waals surface area contributed by atoms with Crippen LogP contribution >= 0.6 is 0 Å². The molecular weight excluding hydrogens is 817 g/mol. The number of hydrogen-bond donors (Lipinski definition) is 6. The maximum Gasteiger partial charge on any atom is 0.298 e. The summed E-state index contributed by atoms with van der Waals surface area (Å²) < 4.78 is 134. The average molecular weight is 843 g/mol. The van der Waals surface area contributed by atoms with Crippen LogP contribution in [0.15, 0.2) is 103 Å². The lowest BCUT2D eigenvalue weighted by atomic mass is 9.94. The number of rotatable bonds is 9. The zero-order valence-corrected chi connectivity index (χ0v) is 31.7. The van der Waals surface area contributed by atoms with E-state index in [9.17, 15) is 61.5 Å². The van der Waals surface area contributed by atoms with Crippen LogP contribution < -0.4 is 10.9 Å². The molecule has 6 rings (SSSR count). The van der Waals surface area contributed by atoms with Crippen LogP contribution in [0, 0.1) is 13.8 Å². The van der Waals surface area contributed by atoms with E-state index in [0.717, 1.165) is 42.5 Å². The Morgan fingerprint density at radius 2 is 1.09 bits per heavy atom. The third-order valence-corrected chi connectivity index (χ3v) is 11.9. The molecule has 0 aromatic heterocycles. The van der Waals surface area contributed by atoms with Crippen LogP contribution in [-0.4, -0.2) is 74.9 Å². The lowest BCUT2D eigenvalue weighted by Crippen LogP contribution is -2.27. The van der Waals surface area contributed by atoms with Crippen molar-refractivity contribution in [3.05, 3.63) is 111 Å². The number of allylic oxidation sites excluding steroid dienone is 2. The molecule has 4 aromatic rings. The highest BCUT2D eigenvalue weighted by Gasteiger charge is 2.34. The average Bonchev–Trinajstić information content (AvgIpc) is 3.09. The van der Waals surface area contributed by atoms with Crippen molar-refractivity contribution in [1.82, 2.24) is 0 Å². The monoisotopic (exact) mass is 842 g/mol. The van der Waals surface area contributed by atoms with Crippen molar-refractivity contribution in [2.45, 2.75) is 28.5 Å². The van der Waals surface area contributed by atoms with E-state index in [2.05, 4.69) is 21.1 Å². The molecule has 18 nitrogen and oxygen atoms in total. The Hall–Kier alpha value is -5.72. The molecule has 2 aliphatic carbocycles. The number of hydrazone groups is 2. The summed E-state index contributed by atoms with van der Waals surface area (Å²) in [5.41, 5.74) is 7.20. The molecule has 0 heterocycles. The van der Waals surface area contributed by atoms with E-state index in [1.54, 1.807) is 50.2 Å². The van der Waals surface area contributed by atoms with Gasteiger partial charge in [0.1, 0.15) is 21.2 Å². The Bertz CT molecular complexity index is 3020. The second-order valence-corrected chi connectivity index (χ2v) is 17.9. The number of nitrogens with one attached hydrogen (secondary N) is 2. The topological polar surface area (TPSA) is 300 Å². The highest BCUT2D eigenvalue weighted by molar-refractivity contribution is 7.91. The van der Waals surface area contributed by atoms with Crippen molar-refractivity contribution in [3.63, 3.8) is 0 Å². The molecule has 0 spiro atoms. The summed E-state index contributed by atoms with van der Waals surface area (Å²) in [4.78, 5) is 22.5. The molecule has 290 valence electrons. The third kappa shape index (κ3) is 7.98. The summed E-state index contributed by atoms with van der Waals surface area (Å²) in [6.45, 7) is 3.41. The van der Waals surface area contributed by atoms with E-state index < -0.39 is 83.1 Å². The molecule has 0 bridgehead atoms. The number of fused-ring (bicyclic) bond motifs is 2. The van der Waals surface area contributed by atoms with Gasteiger partial charge in [-0.25, -0.2) is 0 Å². The number of nitrogens with zero attached hydrogens (tertiary/aromatic N) is 2. The molecule has 0 aliphatic heterocycles. The Morgan fingerprint density at radius 3 is 1.59 bits per heavy atom. The van der Waals surface area contributed by atoms with Gasteiger partial charge in [0.05, 0.1) is 21.2 Å². The Kier molecular flexibility index (Phi) is 10.1. The number of anilines is 2. The Morgan fingerprint density at radius 1 is 0.554 bits per heavy atom. The zero-order valence-electron chi connectivity index (χ0n) is 28.5. The van der Waals surface area contributed by atoms with Crippen LogP contribution in [0.5, 0.6) is 0 Å². The van der Waals surface area contributed by atoms with Crippen molar-refractivity contribution in [2.24, 2.45) is 10.2 Å². The summed E-state index contributed by atoms with van der Waals surface area (Å²) in [6.07, 6.45) is 2.90. The summed E-state index contributed by atoms with van der Waals surface area (Å²) in [7, 11) is -19.8. The van der Waals surface area contributed by atoms with Gasteiger partial charge in [0.15, 0.2) is 0 Å². The minimum absolute atomic E-state index is 0.0181. The highest BCUT2D eigenvalue weighted by atomic mass is 32.2. The van der Waals surface area contributed by atoms with Crippen LogP contribution in [0.2, 0.25) is 0 Å². The van der Waals surface area contributed by atoms with Crippen LogP contribution in [0.4, 0.5) is 11.4 Å². The van der Waals surface area contributed by atoms with Gasteiger partial charge in [0, 0.05) is 11.1 Å². The number of hydrogen-bond acceptors (Lipinski definition) is 14. The van der Waals surface area contributed by atoms with Crippen LogP contribution in [0.1, 0.15) is 33.4 Å². The Balaban J connectivity index is 1.27. The van der Waals surface area contributed by atoms with Gasteiger partial charge < -0.3 is 0 Å². The molecular formula is C34H26N4O14S4. The van der Waals surface area contributed by atoms with Crippen molar-refractivity contribution < 1.29 is 61.5 Å². The standard InChI is InChI=1S/C34H26N4O14S4/c1-17-11-19(3-8-26(17)35-37-32-25-7-6-23(53(41,42)43)14-22(25)15-30(34(32)40)56(50,51)52)20-4-9-27(18(2)12-20)36-38-33-28(39)10-5-21-13-24(54(44,45)46)16-29(31(21)33)55(47,48)49/h3-16,35-36H,1-2H3,(H,41,42,43)(H,44,45,46)(H,47,48,49)(H,50,51,52)/b37-32-,38-33+. The molecule has 2 aliphatic rings. The maximum absolute atomic E-state index is 13.1.